The Balaban J connectivity index is 3.18. The van der Waals surface area contributed by atoms with Crippen molar-refractivity contribution < 1.29 is 9.53 Å². The van der Waals surface area contributed by atoms with Crippen LogP contribution in [0.1, 0.15) is 41.3 Å². The molecule has 1 aromatic rings. The lowest BCUT2D eigenvalue weighted by Crippen LogP contribution is -2.04. The highest BCUT2D eigenvalue weighted by atomic mass is 16.5. The van der Waals surface area contributed by atoms with Crippen molar-refractivity contribution in [3.8, 4) is 5.75 Å². The van der Waals surface area contributed by atoms with Gasteiger partial charge in [-0.05, 0) is 37.5 Å². The number of methoxy groups -OCH3 is 1. The lowest BCUT2D eigenvalue weighted by Gasteiger charge is -2.12. The van der Waals surface area contributed by atoms with Crippen molar-refractivity contribution in [3.05, 3.63) is 28.8 Å². The molecule has 0 radical (unpaired) electrons. The first-order valence-corrected chi connectivity index (χ1v) is 5.29. The molecule has 0 amide bonds. The summed E-state index contributed by atoms with van der Waals surface area (Å²) in [5.74, 6) is 0.894. The van der Waals surface area contributed by atoms with E-state index >= 15 is 0 Å². The molecule has 0 saturated carbocycles. The Kier molecular flexibility index (Phi) is 3.89. The quantitative estimate of drug-likeness (QED) is 0.706. The minimum atomic E-state index is 0.164. The summed E-state index contributed by atoms with van der Waals surface area (Å²) in [6, 6.07) is 3.83. The minimum absolute atomic E-state index is 0.164. The molecule has 82 valence electrons. The third kappa shape index (κ3) is 2.38. The number of rotatable bonds is 4. The van der Waals surface area contributed by atoms with Crippen LogP contribution in [0, 0.1) is 13.8 Å². The van der Waals surface area contributed by atoms with Gasteiger partial charge in [-0.3, -0.25) is 4.79 Å². The average molecular weight is 206 g/mol. The molecule has 15 heavy (non-hydrogen) atoms. The second-order valence-electron chi connectivity index (χ2n) is 3.76. The van der Waals surface area contributed by atoms with E-state index in [4.69, 9.17) is 4.74 Å². The largest absolute Gasteiger partial charge is 0.496 e. The second kappa shape index (κ2) is 4.96. The summed E-state index contributed by atoms with van der Waals surface area (Å²) in [6.45, 7) is 6.01. The van der Waals surface area contributed by atoms with Crippen molar-refractivity contribution in [1.82, 2.24) is 0 Å². The Bertz CT molecular complexity index is 367. The van der Waals surface area contributed by atoms with Gasteiger partial charge in [-0.15, -0.1) is 0 Å². The van der Waals surface area contributed by atoms with Crippen LogP contribution in [-0.2, 0) is 0 Å². The van der Waals surface area contributed by atoms with Gasteiger partial charge in [0.2, 0.25) is 0 Å². The molecule has 0 saturated heterocycles. The summed E-state index contributed by atoms with van der Waals surface area (Å²) in [4.78, 5) is 11.8. The monoisotopic (exact) mass is 206 g/mol. The first-order valence-electron chi connectivity index (χ1n) is 5.29. The van der Waals surface area contributed by atoms with Crippen molar-refractivity contribution >= 4 is 5.78 Å². The maximum absolute atomic E-state index is 11.8. The zero-order chi connectivity index (χ0) is 11.4. The summed E-state index contributed by atoms with van der Waals surface area (Å²) >= 11 is 0. The van der Waals surface area contributed by atoms with E-state index in [1.54, 1.807) is 7.11 Å². The van der Waals surface area contributed by atoms with Crippen LogP contribution in [-0.4, -0.2) is 12.9 Å². The van der Waals surface area contributed by atoms with Gasteiger partial charge in [0, 0.05) is 6.42 Å². The number of ether oxygens (including phenoxy) is 1. The van der Waals surface area contributed by atoms with Gasteiger partial charge in [-0.25, -0.2) is 0 Å². The van der Waals surface area contributed by atoms with E-state index in [9.17, 15) is 4.79 Å². The SMILES string of the molecule is CCCC(=O)c1ccc(C)c(C)c1OC. The van der Waals surface area contributed by atoms with E-state index in [0.717, 1.165) is 23.3 Å². The van der Waals surface area contributed by atoms with Crippen LogP contribution < -0.4 is 4.74 Å². The lowest BCUT2D eigenvalue weighted by atomic mass is 9.99. The Morgan fingerprint density at radius 2 is 2.00 bits per heavy atom. The van der Waals surface area contributed by atoms with E-state index in [0.29, 0.717) is 12.0 Å². The highest BCUT2D eigenvalue weighted by Crippen LogP contribution is 2.27. The summed E-state index contributed by atoms with van der Waals surface area (Å²) < 4.78 is 5.30. The zero-order valence-electron chi connectivity index (χ0n) is 9.89. The van der Waals surface area contributed by atoms with Crippen LogP contribution in [0.15, 0.2) is 12.1 Å². The molecule has 0 heterocycles. The molecule has 0 bridgehead atoms. The maximum Gasteiger partial charge on any atom is 0.166 e. The number of benzene rings is 1. The molecular weight excluding hydrogens is 188 g/mol. The Hall–Kier alpha value is -1.31. The number of hydrogen-bond acceptors (Lipinski definition) is 2. The van der Waals surface area contributed by atoms with Gasteiger partial charge < -0.3 is 4.74 Å². The Morgan fingerprint density at radius 1 is 1.33 bits per heavy atom. The normalized spacial score (nSPS) is 10.1. The molecule has 1 rings (SSSR count). The van der Waals surface area contributed by atoms with Crippen LogP contribution in [0.25, 0.3) is 0 Å². The van der Waals surface area contributed by atoms with Crippen LogP contribution in [0.4, 0.5) is 0 Å². The van der Waals surface area contributed by atoms with E-state index < -0.39 is 0 Å². The third-order valence-electron chi connectivity index (χ3n) is 2.66. The minimum Gasteiger partial charge on any atom is -0.496 e. The van der Waals surface area contributed by atoms with E-state index in [1.807, 2.05) is 32.9 Å². The van der Waals surface area contributed by atoms with Crippen LogP contribution >= 0.6 is 0 Å². The van der Waals surface area contributed by atoms with E-state index in [2.05, 4.69) is 0 Å². The number of hydrogen-bond donors (Lipinski definition) is 0. The van der Waals surface area contributed by atoms with E-state index in [-0.39, 0.29) is 5.78 Å². The fourth-order valence-corrected chi connectivity index (χ4v) is 1.63. The number of ketones is 1. The molecule has 2 nitrogen and oxygen atoms in total. The Labute approximate surface area is 91.3 Å². The summed E-state index contributed by atoms with van der Waals surface area (Å²) in [7, 11) is 1.62. The molecular formula is C13H18O2. The number of aryl methyl sites for hydroxylation is 1. The fourth-order valence-electron chi connectivity index (χ4n) is 1.63. The van der Waals surface area contributed by atoms with Crippen molar-refractivity contribution in [3.63, 3.8) is 0 Å². The molecule has 0 fully saturated rings. The number of Topliss-reactive ketones (excluding diaryl/α,β-unsaturated/α-hetero) is 1. The maximum atomic E-state index is 11.8. The molecule has 0 aliphatic carbocycles. The van der Waals surface area contributed by atoms with Crippen molar-refractivity contribution in [2.45, 2.75) is 33.6 Å². The van der Waals surface area contributed by atoms with Crippen molar-refractivity contribution in [2.24, 2.45) is 0 Å². The smallest absolute Gasteiger partial charge is 0.166 e. The second-order valence-corrected chi connectivity index (χ2v) is 3.76. The predicted octanol–water partition coefficient (Wildman–Crippen LogP) is 3.29. The standard InChI is InChI=1S/C13H18O2/c1-5-6-12(14)11-8-7-9(2)10(3)13(11)15-4/h7-8H,5-6H2,1-4H3. The zero-order valence-corrected chi connectivity index (χ0v) is 9.89. The fraction of sp³-hybridized carbons (Fsp3) is 0.462. The van der Waals surface area contributed by atoms with Gasteiger partial charge in [0.1, 0.15) is 5.75 Å². The number of carbonyl (C=O) groups excluding carboxylic acids is 1. The highest BCUT2D eigenvalue weighted by molar-refractivity contribution is 5.99. The molecule has 2 heteroatoms. The van der Waals surface area contributed by atoms with Crippen molar-refractivity contribution in [2.75, 3.05) is 7.11 Å². The molecule has 0 aliphatic rings. The van der Waals surface area contributed by atoms with Gasteiger partial charge in [0.25, 0.3) is 0 Å². The lowest BCUT2D eigenvalue weighted by molar-refractivity contribution is 0.0978. The van der Waals surface area contributed by atoms with Gasteiger partial charge in [0.15, 0.2) is 5.78 Å². The van der Waals surface area contributed by atoms with E-state index in [1.165, 1.54) is 0 Å². The summed E-state index contributed by atoms with van der Waals surface area (Å²) in [6.07, 6.45) is 1.45. The molecule has 1 aromatic carbocycles. The van der Waals surface area contributed by atoms with Gasteiger partial charge in [-0.2, -0.15) is 0 Å². The van der Waals surface area contributed by atoms with Gasteiger partial charge >= 0.3 is 0 Å². The van der Waals surface area contributed by atoms with Crippen LogP contribution in [0.3, 0.4) is 0 Å². The first kappa shape index (κ1) is 11.8. The summed E-state index contributed by atoms with van der Waals surface area (Å²) in [5, 5.41) is 0. The first-order chi connectivity index (χ1) is 7.11. The molecule has 0 spiro atoms. The number of carbonyl (C=O) groups is 1. The Morgan fingerprint density at radius 3 is 2.53 bits per heavy atom. The molecule has 0 aromatic heterocycles. The van der Waals surface area contributed by atoms with Crippen LogP contribution in [0.5, 0.6) is 5.75 Å². The van der Waals surface area contributed by atoms with Crippen molar-refractivity contribution in [1.29, 1.82) is 0 Å². The molecule has 0 unspecified atom stereocenters. The van der Waals surface area contributed by atoms with Gasteiger partial charge in [0.05, 0.1) is 12.7 Å². The predicted molar refractivity (Wildman–Crippen MR) is 61.7 cm³/mol. The molecule has 0 atom stereocenters. The highest BCUT2D eigenvalue weighted by Gasteiger charge is 2.14. The third-order valence-corrected chi connectivity index (χ3v) is 2.66. The molecule has 0 N–H and O–H groups in total. The molecule has 0 aliphatic heterocycles. The van der Waals surface area contributed by atoms with Gasteiger partial charge in [-0.1, -0.05) is 13.0 Å². The average Bonchev–Trinajstić information content (AvgIpc) is 2.22. The summed E-state index contributed by atoms with van der Waals surface area (Å²) in [5.41, 5.74) is 2.92. The van der Waals surface area contributed by atoms with Crippen LogP contribution in [0.2, 0.25) is 0 Å². The topological polar surface area (TPSA) is 26.3 Å².